The summed E-state index contributed by atoms with van der Waals surface area (Å²) in [6.45, 7) is 0. The van der Waals surface area contributed by atoms with Crippen LogP contribution in [0, 0.1) is 9.39 Å². The Bertz CT molecular complexity index is 1050. The van der Waals surface area contributed by atoms with E-state index in [0.717, 1.165) is 22.8 Å². The van der Waals surface area contributed by atoms with Crippen LogP contribution in [0.5, 0.6) is 5.75 Å². The summed E-state index contributed by atoms with van der Waals surface area (Å²) in [7, 11) is 1.64. The number of ether oxygens (including phenoxy) is 1. The van der Waals surface area contributed by atoms with Gasteiger partial charge in [0, 0.05) is 28.2 Å². The van der Waals surface area contributed by atoms with Crippen LogP contribution in [-0.4, -0.2) is 29.4 Å². The van der Waals surface area contributed by atoms with Gasteiger partial charge in [0.1, 0.15) is 17.2 Å². The van der Waals surface area contributed by atoms with E-state index < -0.39 is 5.54 Å². The lowest BCUT2D eigenvalue weighted by Crippen LogP contribution is -2.54. The van der Waals surface area contributed by atoms with Gasteiger partial charge in [-0.05, 0) is 77.7 Å². The van der Waals surface area contributed by atoms with Crippen molar-refractivity contribution < 1.29 is 13.9 Å². The van der Waals surface area contributed by atoms with E-state index in [1.165, 1.54) is 11.0 Å². The fourth-order valence-corrected chi connectivity index (χ4v) is 4.99. The average Bonchev–Trinajstić information content (AvgIpc) is 2.86. The molecule has 1 fully saturated rings. The lowest BCUT2D eigenvalue weighted by molar-refractivity contribution is -0.136. The molecule has 144 valence electrons. The predicted octanol–water partition coefficient (Wildman–Crippen LogP) is 3.78. The molecule has 1 aliphatic carbocycles. The molecule has 2 spiro atoms. The topological polar surface area (TPSA) is 67.9 Å². The maximum Gasteiger partial charge on any atom is 0.261 e. The van der Waals surface area contributed by atoms with E-state index in [1.54, 1.807) is 19.2 Å². The van der Waals surface area contributed by atoms with Crippen LogP contribution in [0.25, 0.3) is 11.1 Å². The number of halogens is 2. The van der Waals surface area contributed by atoms with Crippen LogP contribution in [0.3, 0.4) is 0 Å². The molecule has 5 rings (SSSR count). The molecule has 7 heteroatoms. The third kappa shape index (κ3) is 2.41. The van der Waals surface area contributed by atoms with Crippen LogP contribution < -0.4 is 10.5 Å². The zero-order valence-corrected chi connectivity index (χ0v) is 17.5. The minimum atomic E-state index is -1.10. The van der Waals surface area contributed by atoms with Gasteiger partial charge in [-0.3, -0.25) is 9.69 Å². The number of fused-ring (bicyclic) bond motifs is 2. The summed E-state index contributed by atoms with van der Waals surface area (Å²) >= 11 is 2.16. The first kappa shape index (κ1) is 17.9. The number of hydrogen-bond donors (Lipinski definition) is 1. The van der Waals surface area contributed by atoms with Gasteiger partial charge in [-0.25, -0.2) is 9.38 Å². The maximum atomic E-state index is 14.5. The van der Waals surface area contributed by atoms with Crippen molar-refractivity contribution in [1.82, 2.24) is 4.90 Å². The Hall–Kier alpha value is -2.16. The minimum Gasteiger partial charge on any atom is -0.487 e. The van der Waals surface area contributed by atoms with Crippen LogP contribution in [0.1, 0.15) is 31.2 Å². The molecule has 2 heterocycles. The molecule has 2 aromatic rings. The smallest absolute Gasteiger partial charge is 0.261 e. The monoisotopic (exact) mass is 491 g/mol. The highest BCUT2D eigenvalue weighted by atomic mass is 127. The van der Waals surface area contributed by atoms with Gasteiger partial charge in [0.25, 0.3) is 5.91 Å². The summed E-state index contributed by atoms with van der Waals surface area (Å²) in [5.41, 5.74) is 6.41. The van der Waals surface area contributed by atoms with Crippen molar-refractivity contribution in [2.45, 2.75) is 36.8 Å². The quantitative estimate of drug-likeness (QED) is 0.618. The number of hydrogen-bond acceptors (Lipinski definition) is 4. The molecule has 1 saturated carbocycles. The van der Waals surface area contributed by atoms with E-state index in [4.69, 9.17) is 10.5 Å². The van der Waals surface area contributed by atoms with E-state index >= 15 is 0 Å². The molecule has 2 aliphatic heterocycles. The number of carbonyl (C=O) groups excluding carboxylic acids is 1. The number of rotatable bonds is 1. The SMILES string of the molecule is CN1C(=O)C2(CC3(CCC3)Oc3ccc(-c4cc(I)ccc4F)cc32)N=C1N. The molecule has 1 unspecified atom stereocenters. The van der Waals surface area contributed by atoms with Crippen molar-refractivity contribution in [2.24, 2.45) is 10.7 Å². The number of likely N-dealkylation sites (N-methyl/N-ethyl adjacent to an activating group) is 1. The van der Waals surface area contributed by atoms with Crippen LogP contribution >= 0.6 is 22.6 Å². The number of benzene rings is 2. The molecule has 2 N–H and O–H groups in total. The Balaban J connectivity index is 1.71. The van der Waals surface area contributed by atoms with Crippen molar-refractivity contribution in [3.8, 4) is 16.9 Å². The van der Waals surface area contributed by atoms with Gasteiger partial charge in [0.15, 0.2) is 11.5 Å². The number of nitrogens with zero attached hydrogens (tertiary/aromatic N) is 2. The Morgan fingerprint density at radius 3 is 2.68 bits per heavy atom. The lowest BCUT2D eigenvalue weighted by Gasteiger charge is -2.50. The maximum absolute atomic E-state index is 14.5. The highest BCUT2D eigenvalue weighted by molar-refractivity contribution is 14.1. The number of aliphatic imine (C=N–C) groups is 1. The molecule has 0 aromatic heterocycles. The normalized spacial score (nSPS) is 24.8. The summed E-state index contributed by atoms with van der Waals surface area (Å²) < 4.78 is 21.8. The second-order valence-electron chi connectivity index (χ2n) is 7.84. The van der Waals surface area contributed by atoms with Crippen LogP contribution in [0.4, 0.5) is 4.39 Å². The first-order chi connectivity index (χ1) is 13.3. The van der Waals surface area contributed by atoms with Crippen molar-refractivity contribution in [3.63, 3.8) is 0 Å². The number of carbonyl (C=O) groups is 1. The van der Waals surface area contributed by atoms with Gasteiger partial charge in [-0.15, -0.1) is 0 Å². The summed E-state index contributed by atoms with van der Waals surface area (Å²) in [5.74, 6) is 0.389. The van der Waals surface area contributed by atoms with Crippen molar-refractivity contribution in [2.75, 3.05) is 7.05 Å². The van der Waals surface area contributed by atoms with Crippen LogP contribution in [0.15, 0.2) is 41.4 Å². The summed E-state index contributed by atoms with van der Waals surface area (Å²) in [6, 6.07) is 10.5. The van der Waals surface area contributed by atoms with Gasteiger partial charge in [0.05, 0.1) is 0 Å². The number of amides is 1. The third-order valence-electron chi connectivity index (χ3n) is 6.14. The molecule has 1 atom stereocenters. The number of nitrogens with two attached hydrogens (primary N) is 1. The number of guanidine groups is 1. The second kappa shape index (κ2) is 5.92. The molecule has 28 heavy (non-hydrogen) atoms. The van der Waals surface area contributed by atoms with Crippen LogP contribution in [-0.2, 0) is 10.3 Å². The molecule has 5 nitrogen and oxygen atoms in total. The van der Waals surface area contributed by atoms with Crippen molar-refractivity contribution in [3.05, 3.63) is 51.3 Å². The second-order valence-corrected chi connectivity index (χ2v) is 9.09. The minimum absolute atomic E-state index is 0.152. The third-order valence-corrected chi connectivity index (χ3v) is 6.81. The van der Waals surface area contributed by atoms with Crippen molar-refractivity contribution >= 4 is 34.5 Å². The Morgan fingerprint density at radius 2 is 2.04 bits per heavy atom. The lowest BCUT2D eigenvalue weighted by atomic mass is 9.67. The summed E-state index contributed by atoms with van der Waals surface area (Å²) in [4.78, 5) is 19.3. The molecule has 0 bridgehead atoms. The first-order valence-electron chi connectivity index (χ1n) is 9.26. The predicted molar refractivity (Wildman–Crippen MR) is 112 cm³/mol. The fourth-order valence-electron chi connectivity index (χ4n) is 4.50. The van der Waals surface area contributed by atoms with Crippen molar-refractivity contribution in [1.29, 1.82) is 0 Å². The van der Waals surface area contributed by atoms with Gasteiger partial charge in [-0.1, -0.05) is 6.07 Å². The Morgan fingerprint density at radius 1 is 1.25 bits per heavy atom. The molecular formula is C21H19FIN3O2. The zero-order chi connectivity index (χ0) is 19.7. The summed E-state index contributed by atoms with van der Waals surface area (Å²) in [5, 5.41) is 0. The fraction of sp³-hybridized carbons (Fsp3) is 0.333. The largest absolute Gasteiger partial charge is 0.487 e. The highest BCUT2D eigenvalue weighted by Gasteiger charge is 2.59. The van der Waals surface area contributed by atoms with Gasteiger partial charge >= 0.3 is 0 Å². The molecule has 3 aliphatic rings. The van der Waals surface area contributed by atoms with E-state index in [0.29, 0.717) is 28.9 Å². The Labute approximate surface area is 175 Å². The van der Waals surface area contributed by atoms with E-state index in [9.17, 15) is 9.18 Å². The molecule has 0 saturated heterocycles. The molecule has 0 radical (unpaired) electrons. The highest BCUT2D eigenvalue weighted by Crippen LogP contribution is 2.55. The molecular weight excluding hydrogens is 472 g/mol. The first-order valence-corrected chi connectivity index (χ1v) is 10.3. The van der Waals surface area contributed by atoms with E-state index in [-0.39, 0.29) is 23.3 Å². The average molecular weight is 491 g/mol. The standard InChI is InChI=1S/C21H19FIN3O2/c1-26-18(27)21(25-19(26)24)11-20(7-2-8-20)28-17-6-3-12(9-15(17)21)14-10-13(23)4-5-16(14)22/h3-6,9-10H,2,7-8,11H2,1H3,(H2,24,25). The van der Waals surface area contributed by atoms with Gasteiger partial charge < -0.3 is 10.5 Å². The molecule has 1 amide bonds. The Kier molecular flexibility index (Phi) is 3.78. The zero-order valence-electron chi connectivity index (χ0n) is 15.3. The molecule has 2 aromatic carbocycles. The van der Waals surface area contributed by atoms with E-state index in [2.05, 4.69) is 27.6 Å². The van der Waals surface area contributed by atoms with Crippen LogP contribution in [0.2, 0.25) is 0 Å². The van der Waals surface area contributed by atoms with E-state index in [1.807, 2.05) is 18.2 Å². The summed E-state index contributed by atoms with van der Waals surface area (Å²) in [6.07, 6.45) is 3.33. The van der Waals surface area contributed by atoms with Gasteiger partial charge in [0.2, 0.25) is 0 Å². The van der Waals surface area contributed by atoms with Gasteiger partial charge in [-0.2, -0.15) is 0 Å².